The lowest BCUT2D eigenvalue weighted by molar-refractivity contribution is 0.616. The maximum Gasteiger partial charge on any atom is 0.133 e. The third-order valence-corrected chi connectivity index (χ3v) is 3.78. The monoisotopic (exact) mass is 270 g/mol. The molecule has 0 saturated heterocycles. The van der Waals surface area contributed by atoms with Crippen molar-refractivity contribution in [1.29, 1.82) is 0 Å². The van der Waals surface area contributed by atoms with Gasteiger partial charge in [-0.25, -0.2) is 0 Å². The Morgan fingerprint density at radius 3 is 2.10 bits per heavy atom. The molecule has 1 heteroatoms. The lowest BCUT2D eigenvalue weighted by Crippen LogP contribution is -1.84. The van der Waals surface area contributed by atoms with E-state index in [-0.39, 0.29) is 0 Å². The van der Waals surface area contributed by atoms with Gasteiger partial charge in [-0.15, -0.1) is 0 Å². The third kappa shape index (κ3) is 2.13. The smallest absolute Gasteiger partial charge is 0.133 e. The summed E-state index contributed by atoms with van der Waals surface area (Å²) in [6.45, 7) is 0. The third-order valence-electron chi connectivity index (χ3n) is 3.78. The highest BCUT2D eigenvalue weighted by atomic mass is 16.3. The molecule has 0 fully saturated rings. The van der Waals surface area contributed by atoms with Crippen LogP contribution in [0.5, 0.6) is 0 Å². The van der Waals surface area contributed by atoms with Crippen LogP contribution in [0, 0.1) is 0 Å². The average Bonchev–Trinajstić information content (AvgIpc) is 3.03. The summed E-state index contributed by atoms with van der Waals surface area (Å²) in [5.74, 6) is 0. The summed E-state index contributed by atoms with van der Waals surface area (Å²) < 4.78 is 5.42. The number of hydrogen-bond donors (Lipinski definition) is 0. The molecular formula is C20H14O. The highest BCUT2D eigenvalue weighted by molar-refractivity contribution is 5.89. The maximum atomic E-state index is 5.42. The van der Waals surface area contributed by atoms with Crippen LogP contribution in [0.4, 0.5) is 0 Å². The minimum atomic E-state index is 0.927. The number of furan rings is 1. The molecule has 1 heterocycles. The molecule has 1 nitrogen and oxygen atoms in total. The van der Waals surface area contributed by atoms with Crippen LogP contribution in [0.25, 0.3) is 33.2 Å². The quantitative estimate of drug-likeness (QED) is 0.451. The second kappa shape index (κ2) is 4.95. The first-order valence-corrected chi connectivity index (χ1v) is 7.04. The van der Waals surface area contributed by atoms with Crippen LogP contribution in [0.3, 0.4) is 0 Å². The van der Waals surface area contributed by atoms with Gasteiger partial charge < -0.3 is 4.42 Å². The molecule has 4 aromatic rings. The fourth-order valence-corrected chi connectivity index (χ4v) is 2.74. The first-order valence-electron chi connectivity index (χ1n) is 7.04. The van der Waals surface area contributed by atoms with E-state index in [1.807, 2.05) is 18.2 Å². The molecule has 0 aliphatic carbocycles. The summed E-state index contributed by atoms with van der Waals surface area (Å²) >= 11 is 0. The SMILES string of the molecule is c1ccc(-c2ccccc2-c2ccc3occc3c2)cc1. The van der Waals surface area contributed by atoms with Gasteiger partial charge in [0.15, 0.2) is 0 Å². The Morgan fingerprint density at radius 2 is 1.29 bits per heavy atom. The van der Waals surface area contributed by atoms with Gasteiger partial charge >= 0.3 is 0 Å². The van der Waals surface area contributed by atoms with E-state index in [4.69, 9.17) is 4.42 Å². The van der Waals surface area contributed by atoms with Crippen LogP contribution >= 0.6 is 0 Å². The van der Waals surface area contributed by atoms with Crippen molar-refractivity contribution in [2.75, 3.05) is 0 Å². The van der Waals surface area contributed by atoms with E-state index < -0.39 is 0 Å². The van der Waals surface area contributed by atoms with E-state index >= 15 is 0 Å². The molecule has 0 saturated carbocycles. The zero-order valence-electron chi connectivity index (χ0n) is 11.5. The van der Waals surface area contributed by atoms with Crippen LogP contribution in [-0.2, 0) is 0 Å². The van der Waals surface area contributed by atoms with E-state index in [0.717, 1.165) is 11.0 Å². The molecule has 4 rings (SSSR count). The minimum absolute atomic E-state index is 0.927. The van der Waals surface area contributed by atoms with E-state index in [2.05, 4.69) is 60.7 Å². The van der Waals surface area contributed by atoms with Gasteiger partial charge in [-0.05, 0) is 40.5 Å². The fourth-order valence-electron chi connectivity index (χ4n) is 2.74. The molecule has 0 radical (unpaired) electrons. The molecule has 0 atom stereocenters. The molecule has 0 N–H and O–H groups in total. The van der Waals surface area contributed by atoms with Gasteiger partial charge in [0.2, 0.25) is 0 Å². The molecule has 0 spiro atoms. The molecule has 0 aliphatic rings. The molecule has 3 aromatic carbocycles. The minimum Gasteiger partial charge on any atom is -0.464 e. The van der Waals surface area contributed by atoms with Crippen molar-refractivity contribution >= 4 is 11.0 Å². The van der Waals surface area contributed by atoms with Gasteiger partial charge in [0, 0.05) is 5.39 Å². The van der Waals surface area contributed by atoms with Crippen molar-refractivity contribution in [3.63, 3.8) is 0 Å². The molecule has 1 aromatic heterocycles. The average molecular weight is 270 g/mol. The van der Waals surface area contributed by atoms with Crippen molar-refractivity contribution in [2.24, 2.45) is 0 Å². The Labute approximate surface area is 123 Å². The molecule has 0 aliphatic heterocycles. The highest BCUT2D eigenvalue weighted by Crippen LogP contribution is 2.33. The Hall–Kier alpha value is -2.80. The van der Waals surface area contributed by atoms with E-state index in [1.54, 1.807) is 6.26 Å². The van der Waals surface area contributed by atoms with Crippen molar-refractivity contribution in [3.05, 3.63) is 85.1 Å². The summed E-state index contributed by atoms with van der Waals surface area (Å²) in [4.78, 5) is 0. The zero-order valence-corrected chi connectivity index (χ0v) is 11.5. The van der Waals surface area contributed by atoms with Crippen molar-refractivity contribution < 1.29 is 4.42 Å². The molecule has 0 unspecified atom stereocenters. The summed E-state index contributed by atoms with van der Waals surface area (Å²) in [5, 5.41) is 1.13. The molecule has 21 heavy (non-hydrogen) atoms. The highest BCUT2D eigenvalue weighted by Gasteiger charge is 2.07. The fraction of sp³-hybridized carbons (Fsp3) is 0. The van der Waals surface area contributed by atoms with Gasteiger partial charge in [-0.3, -0.25) is 0 Å². The van der Waals surface area contributed by atoms with Crippen LogP contribution in [0.1, 0.15) is 0 Å². The molecule has 0 amide bonds. The van der Waals surface area contributed by atoms with Crippen molar-refractivity contribution in [1.82, 2.24) is 0 Å². The number of rotatable bonds is 2. The van der Waals surface area contributed by atoms with Crippen molar-refractivity contribution in [3.8, 4) is 22.3 Å². The summed E-state index contributed by atoms with van der Waals surface area (Å²) in [6.07, 6.45) is 1.73. The number of fused-ring (bicyclic) bond motifs is 1. The van der Waals surface area contributed by atoms with Gasteiger partial charge in [-0.2, -0.15) is 0 Å². The Morgan fingerprint density at radius 1 is 0.571 bits per heavy atom. The zero-order chi connectivity index (χ0) is 14.1. The topological polar surface area (TPSA) is 13.1 Å². The van der Waals surface area contributed by atoms with Gasteiger partial charge in [0.1, 0.15) is 5.58 Å². The predicted molar refractivity (Wildman–Crippen MR) is 87.1 cm³/mol. The second-order valence-corrected chi connectivity index (χ2v) is 5.08. The van der Waals surface area contributed by atoms with Crippen LogP contribution in [0.2, 0.25) is 0 Å². The Kier molecular flexibility index (Phi) is 2.82. The maximum absolute atomic E-state index is 5.42. The van der Waals surface area contributed by atoms with Gasteiger partial charge in [-0.1, -0.05) is 60.7 Å². The van der Waals surface area contributed by atoms with Gasteiger partial charge in [0.25, 0.3) is 0 Å². The summed E-state index contributed by atoms with van der Waals surface area (Å²) in [6, 6.07) is 27.3. The Balaban J connectivity index is 1.92. The van der Waals surface area contributed by atoms with Crippen molar-refractivity contribution in [2.45, 2.75) is 0 Å². The number of hydrogen-bond acceptors (Lipinski definition) is 1. The van der Waals surface area contributed by atoms with Crippen LogP contribution < -0.4 is 0 Å². The van der Waals surface area contributed by atoms with Gasteiger partial charge in [0.05, 0.1) is 6.26 Å². The first-order chi connectivity index (χ1) is 10.4. The summed E-state index contributed by atoms with van der Waals surface area (Å²) in [7, 11) is 0. The lowest BCUT2D eigenvalue weighted by atomic mass is 9.94. The lowest BCUT2D eigenvalue weighted by Gasteiger charge is -2.10. The Bertz CT molecular complexity index is 888. The summed E-state index contributed by atoms with van der Waals surface area (Å²) in [5.41, 5.74) is 5.87. The molecular weight excluding hydrogens is 256 g/mol. The van der Waals surface area contributed by atoms with Crippen LogP contribution in [-0.4, -0.2) is 0 Å². The van der Waals surface area contributed by atoms with E-state index in [0.29, 0.717) is 0 Å². The van der Waals surface area contributed by atoms with E-state index in [1.165, 1.54) is 22.3 Å². The molecule has 0 bridgehead atoms. The second-order valence-electron chi connectivity index (χ2n) is 5.08. The number of benzene rings is 3. The normalized spacial score (nSPS) is 10.9. The standard InChI is InChI=1S/C20H14O/c1-2-6-15(7-3-1)18-8-4-5-9-19(18)16-10-11-20-17(14-16)12-13-21-20/h1-14H. The van der Waals surface area contributed by atoms with Crippen LogP contribution in [0.15, 0.2) is 89.5 Å². The first kappa shape index (κ1) is 12.0. The van der Waals surface area contributed by atoms with E-state index in [9.17, 15) is 0 Å². The largest absolute Gasteiger partial charge is 0.464 e. The predicted octanol–water partition coefficient (Wildman–Crippen LogP) is 5.77. The molecule has 100 valence electrons.